The highest BCUT2D eigenvalue weighted by Gasteiger charge is 2.31. The summed E-state index contributed by atoms with van der Waals surface area (Å²) in [5.41, 5.74) is 0.809. The van der Waals surface area contributed by atoms with Crippen LogP contribution in [0.2, 0.25) is 0 Å². The highest BCUT2D eigenvalue weighted by molar-refractivity contribution is 7.89. The zero-order valence-electron chi connectivity index (χ0n) is 11.1. The van der Waals surface area contributed by atoms with E-state index in [1.54, 1.807) is 16.4 Å². The summed E-state index contributed by atoms with van der Waals surface area (Å²) in [6.07, 6.45) is 0. The zero-order chi connectivity index (χ0) is 13.3. The number of aryl methyl sites for hydroxylation is 1. The topological polar surface area (TPSA) is 40.6 Å². The highest BCUT2D eigenvalue weighted by atomic mass is 32.2. The van der Waals surface area contributed by atoms with E-state index < -0.39 is 10.0 Å². The van der Waals surface area contributed by atoms with Crippen LogP contribution >= 0.6 is 0 Å². The number of hydrogen-bond donors (Lipinski definition) is 0. The molecule has 0 radical (unpaired) electrons. The molecule has 0 N–H and O–H groups in total. The van der Waals surface area contributed by atoms with Crippen LogP contribution in [0.15, 0.2) is 29.2 Å². The fourth-order valence-electron chi connectivity index (χ4n) is 2.22. The van der Waals surface area contributed by atoms with E-state index in [1.165, 1.54) is 0 Å². The Balaban J connectivity index is 2.30. The fourth-order valence-corrected chi connectivity index (χ4v) is 3.96. The van der Waals surface area contributed by atoms with Crippen LogP contribution in [-0.2, 0) is 10.0 Å². The summed E-state index contributed by atoms with van der Waals surface area (Å²) in [5.74, 6) is 0. The first kappa shape index (κ1) is 13.5. The average molecular weight is 268 g/mol. The molecule has 1 aromatic carbocycles. The Kier molecular flexibility index (Phi) is 3.75. The number of piperazine rings is 1. The first-order chi connectivity index (χ1) is 8.43. The quantitative estimate of drug-likeness (QED) is 0.812. The molecule has 4 nitrogen and oxygen atoms in total. The van der Waals surface area contributed by atoms with Crippen LogP contribution in [0.5, 0.6) is 0 Å². The molecule has 1 aliphatic heterocycles. The van der Waals surface area contributed by atoms with Gasteiger partial charge >= 0.3 is 0 Å². The van der Waals surface area contributed by atoms with Crippen LogP contribution in [0.4, 0.5) is 0 Å². The number of benzene rings is 1. The summed E-state index contributed by atoms with van der Waals surface area (Å²) in [4.78, 5) is 2.62. The monoisotopic (exact) mass is 268 g/mol. The van der Waals surface area contributed by atoms with Crippen molar-refractivity contribution in [2.75, 3.05) is 26.7 Å². The minimum absolute atomic E-state index is 0.262. The summed E-state index contributed by atoms with van der Waals surface area (Å²) in [5, 5.41) is 0. The summed E-state index contributed by atoms with van der Waals surface area (Å²) >= 11 is 0. The van der Waals surface area contributed by atoms with Crippen LogP contribution in [0.1, 0.15) is 12.5 Å². The van der Waals surface area contributed by atoms with E-state index in [2.05, 4.69) is 11.8 Å². The Morgan fingerprint density at radius 3 is 2.50 bits per heavy atom. The van der Waals surface area contributed by atoms with Crippen molar-refractivity contribution >= 4 is 10.0 Å². The Bertz CT molecular complexity index is 528. The molecule has 0 amide bonds. The number of sulfonamides is 1. The Morgan fingerprint density at radius 2 is 1.89 bits per heavy atom. The van der Waals surface area contributed by atoms with Crippen molar-refractivity contribution in [1.29, 1.82) is 0 Å². The van der Waals surface area contributed by atoms with Gasteiger partial charge in [0.15, 0.2) is 0 Å². The van der Waals surface area contributed by atoms with Crippen molar-refractivity contribution < 1.29 is 8.42 Å². The molecule has 1 fully saturated rings. The second kappa shape index (κ2) is 4.99. The second-order valence-corrected chi connectivity index (χ2v) is 6.86. The molecule has 100 valence electrons. The van der Waals surface area contributed by atoms with Gasteiger partial charge in [-0.2, -0.15) is 4.31 Å². The standard InChI is InChI=1S/C13H20N2O2S/c1-11-6-4-5-7-13(11)18(16,17)15-9-8-14(3)12(2)10-15/h4-7,12H,8-10H2,1-3H3. The van der Waals surface area contributed by atoms with Crippen LogP contribution in [0.3, 0.4) is 0 Å². The van der Waals surface area contributed by atoms with Crippen molar-refractivity contribution in [3.8, 4) is 0 Å². The van der Waals surface area contributed by atoms with Crippen molar-refractivity contribution in [2.24, 2.45) is 0 Å². The third-order valence-corrected chi connectivity index (χ3v) is 5.66. The van der Waals surface area contributed by atoms with Crippen molar-refractivity contribution in [1.82, 2.24) is 9.21 Å². The van der Waals surface area contributed by atoms with Gasteiger partial charge in [0.1, 0.15) is 0 Å². The van der Waals surface area contributed by atoms with Crippen molar-refractivity contribution in [3.63, 3.8) is 0 Å². The van der Waals surface area contributed by atoms with Gasteiger partial charge in [0, 0.05) is 25.7 Å². The number of nitrogens with zero attached hydrogens (tertiary/aromatic N) is 2. The van der Waals surface area contributed by atoms with E-state index in [9.17, 15) is 8.42 Å². The molecule has 0 spiro atoms. The van der Waals surface area contributed by atoms with Crippen molar-refractivity contribution in [2.45, 2.75) is 24.8 Å². The normalized spacial score (nSPS) is 23.2. The first-order valence-electron chi connectivity index (χ1n) is 6.19. The summed E-state index contributed by atoms with van der Waals surface area (Å²) in [7, 11) is -1.31. The molecule has 5 heteroatoms. The van der Waals surface area contributed by atoms with E-state index in [0.717, 1.165) is 12.1 Å². The molecule has 2 rings (SSSR count). The molecule has 1 aromatic rings. The maximum atomic E-state index is 12.6. The van der Waals surface area contributed by atoms with Gasteiger partial charge in [-0.25, -0.2) is 8.42 Å². The lowest BCUT2D eigenvalue weighted by molar-refractivity contribution is 0.159. The summed E-state index contributed by atoms with van der Waals surface area (Å²) in [6, 6.07) is 7.43. The molecule has 0 aromatic heterocycles. The van der Waals surface area contributed by atoms with E-state index in [0.29, 0.717) is 18.0 Å². The lowest BCUT2D eigenvalue weighted by Crippen LogP contribution is -2.51. The molecule has 1 heterocycles. The molecule has 18 heavy (non-hydrogen) atoms. The van der Waals surface area contributed by atoms with Crippen LogP contribution in [-0.4, -0.2) is 50.3 Å². The van der Waals surface area contributed by atoms with Gasteiger partial charge in [0.25, 0.3) is 0 Å². The van der Waals surface area contributed by atoms with Crippen LogP contribution < -0.4 is 0 Å². The molecular weight excluding hydrogens is 248 g/mol. The minimum Gasteiger partial charge on any atom is -0.301 e. The SMILES string of the molecule is Cc1ccccc1S(=O)(=O)N1CCN(C)C(C)C1. The van der Waals surface area contributed by atoms with E-state index in [-0.39, 0.29) is 6.04 Å². The Hall–Kier alpha value is -0.910. The molecular formula is C13H20N2O2S. The molecule has 1 atom stereocenters. The number of rotatable bonds is 2. The smallest absolute Gasteiger partial charge is 0.243 e. The lowest BCUT2D eigenvalue weighted by atomic mass is 10.2. The Morgan fingerprint density at radius 1 is 1.22 bits per heavy atom. The number of hydrogen-bond acceptors (Lipinski definition) is 3. The average Bonchev–Trinajstić information content (AvgIpc) is 2.33. The third kappa shape index (κ3) is 2.43. The van der Waals surface area contributed by atoms with E-state index >= 15 is 0 Å². The van der Waals surface area contributed by atoms with Gasteiger partial charge in [0.05, 0.1) is 4.90 Å². The summed E-state index contributed by atoms with van der Waals surface area (Å²) in [6.45, 7) is 5.81. The lowest BCUT2D eigenvalue weighted by Gasteiger charge is -2.37. The summed E-state index contributed by atoms with van der Waals surface area (Å²) < 4.78 is 26.7. The van der Waals surface area contributed by atoms with Gasteiger partial charge in [-0.05, 0) is 32.5 Å². The number of likely N-dealkylation sites (N-methyl/N-ethyl adjacent to an activating group) is 1. The van der Waals surface area contributed by atoms with Gasteiger partial charge in [-0.15, -0.1) is 0 Å². The van der Waals surface area contributed by atoms with Gasteiger partial charge < -0.3 is 4.90 Å². The molecule has 1 saturated heterocycles. The first-order valence-corrected chi connectivity index (χ1v) is 7.63. The largest absolute Gasteiger partial charge is 0.301 e. The predicted molar refractivity (Wildman–Crippen MR) is 72.0 cm³/mol. The molecule has 0 aliphatic carbocycles. The Labute approximate surface area is 109 Å². The predicted octanol–water partition coefficient (Wildman–Crippen LogP) is 1.32. The molecule has 0 bridgehead atoms. The van der Waals surface area contributed by atoms with Gasteiger partial charge in [-0.3, -0.25) is 0 Å². The van der Waals surface area contributed by atoms with Crippen LogP contribution in [0, 0.1) is 6.92 Å². The zero-order valence-corrected chi connectivity index (χ0v) is 11.9. The highest BCUT2D eigenvalue weighted by Crippen LogP contribution is 2.21. The third-order valence-electron chi connectivity index (χ3n) is 3.63. The maximum Gasteiger partial charge on any atom is 0.243 e. The van der Waals surface area contributed by atoms with Crippen molar-refractivity contribution in [3.05, 3.63) is 29.8 Å². The second-order valence-electron chi connectivity index (χ2n) is 4.96. The molecule has 0 saturated carbocycles. The van der Waals surface area contributed by atoms with E-state index in [1.807, 2.05) is 26.1 Å². The van der Waals surface area contributed by atoms with Crippen LogP contribution in [0.25, 0.3) is 0 Å². The van der Waals surface area contributed by atoms with E-state index in [4.69, 9.17) is 0 Å². The van der Waals surface area contributed by atoms with Gasteiger partial charge in [-0.1, -0.05) is 18.2 Å². The maximum absolute atomic E-state index is 12.6. The fraction of sp³-hybridized carbons (Fsp3) is 0.538. The minimum atomic E-state index is -3.34. The van der Waals surface area contributed by atoms with Gasteiger partial charge in [0.2, 0.25) is 10.0 Å². The molecule has 1 unspecified atom stereocenters. The molecule has 1 aliphatic rings.